The third-order valence-electron chi connectivity index (χ3n) is 4.76. The Morgan fingerprint density at radius 1 is 1.13 bits per heavy atom. The highest BCUT2D eigenvalue weighted by Crippen LogP contribution is 2.38. The molecule has 0 unspecified atom stereocenters. The molecular weight excluding hydrogens is 433 g/mol. The van der Waals surface area contributed by atoms with Crippen molar-refractivity contribution < 1.29 is 22.1 Å². The maximum absolute atomic E-state index is 13.2. The minimum atomic E-state index is -4.53. The van der Waals surface area contributed by atoms with Crippen molar-refractivity contribution in [2.75, 3.05) is 0 Å². The van der Waals surface area contributed by atoms with Crippen molar-refractivity contribution in [2.24, 2.45) is 0 Å². The Hall–Kier alpha value is -3.80. The van der Waals surface area contributed by atoms with Crippen LogP contribution in [0.4, 0.5) is 13.2 Å². The van der Waals surface area contributed by atoms with E-state index in [1.54, 1.807) is 25.1 Å². The molecule has 0 spiro atoms. The highest BCUT2D eigenvalue weighted by molar-refractivity contribution is 7.26. The van der Waals surface area contributed by atoms with Crippen molar-refractivity contribution in [3.05, 3.63) is 48.1 Å². The molecule has 0 saturated carbocycles. The third-order valence-corrected chi connectivity index (χ3v) is 5.83. The predicted molar refractivity (Wildman–Crippen MR) is 104 cm³/mol. The molecular formula is C19H9F3N6O2S. The van der Waals surface area contributed by atoms with E-state index in [9.17, 15) is 13.2 Å². The Balaban J connectivity index is 1.54. The minimum Gasteiger partial charge on any atom is -0.461 e. The van der Waals surface area contributed by atoms with Crippen LogP contribution in [0.25, 0.3) is 49.1 Å². The second-order valence-corrected chi connectivity index (χ2v) is 7.78. The van der Waals surface area contributed by atoms with E-state index in [4.69, 9.17) is 8.94 Å². The van der Waals surface area contributed by atoms with E-state index < -0.39 is 11.9 Å². The molecule has 0 aliphatic rings. The van der Waals surface area contributed by atoms with Gasteiger partial charge in [-0.1, -0.05) is 5.16 Å². The summed E-state index contributed by atoms with van der Waals surface area (Å²) < 4.78 is 52.1. The first-order valence-corrected chi connectivity index (χ1v) is 9.73. The van der Waals surface area contributed by atoms with Gasteiger partial charge in [-0.25, -0.2) is 19.5 Å². The smallest absolute Gasteiger partial charge is 0.433 e. The number of hydrogen-bond donors (Lipinski definition) is 0. The molecule has 0 fully saturated rings. The maximum atomic E-state index is 13.2. The first kappa shape index (κ1) is 18.0. The average Bonchev–Trinajstić information content (AvgIpc) is 3.50. The quantitative estimate of drug-likeness (QED) is 0.367. The van der Waals surface area contributed by atoms with Crippen LogP contribution in [-0.2, 0) is 6.18 Å². The Bertz CT molecular complexity index is 1600. The number of pyridine rings is 1. The van der Waals surface area contributed by atoms with E-state index in [-0.39, 0.29) is 10.7 Å². The van der Waals surface area contributed by atoms with E-state index in [0.29, 0.717) is 44.0 Å². The monoisotopic (exact) mass is 442 g/mol. The summed E-state index contributed by atoms with van der Waals surface area (Å²) in [5.41, 5.74) is 0.869. The van der Waals surface area contributed by atoms with Gasteiger partial charge >= 0.3 is 6.18 Å². The molecule has 31 heavy (non-hydrogen) atoms. The zero-order valence-electron chi connectivity index (χ0n) is 15.5. The lowest BCUT2D eigenvalue weighted by Gasteiger charge is -2.06. The summed E-state index contributed by atoms with van der Waals surface area (Å²) in [5.74, 6) is 1.22. The number of fused-ring (bicyclic) bond motifs is 5. The highest BCUT2D eigenvalue weighted by Gasteiger charge is 2.33. The van der Waals surface area contributed by atoms with Crippen molar-refractivity contribution in [3.63, 3.8) is 0 Å². The lowest BCUT2D eigenvalue weighted by Crippen LogP contribution is -2.07. The third kappa shape index (κ3) is 2.71. The summed E-state index contributed by atoms with van der Waals surface area (Å²) in [6.45, 7) is 1.61. The summed E-state index contributed by atoms with van der Waals surface area (Å²) in [5, 5.41) is 8.93. The van der Waals surface area contributed by atoms with E-state index in [0.717, 1.165) is 17.4 Å². The lowest BCUT2D eigenvalue weighted by atomic mass is 10.1. The fourth-order valence-corrected chi connectivity index (χ4v) is 4.56. The molecule has 0 amide bonds. The van der Waals surface area contributed by atoms with Crippen LogP contribution >= 0.6 is 11.3 Å². The van der Waals surface area contributed by atoms with Gasteiger partial charge in [-0.15, -0.1) is 16.4 Å². The number of rotatable bonds is 2. The van der Waals surface area contributed by atoms with E-state index in [1.165, 1.54) is 17.1 Å². The van der Waals surface area contributed by atoms with Crippen LogP contribution in [-0.4, -0.2) is 29.7 Å². The largest absolute Gasteiger partial charge is 0.461 e. The van der Waals surface area contributed by atoms with Crippen molar-refractivity contribution in [1.29, 1.82) is 0 Å². The first-order chi connectivity index (χ1) is 14.9. The molecule has 6 rings (SSSR count). The Morgan fingerprint density at radius 2 is 2.00 bits per heavy atom. The van der Waals surface area contributed by atoms with Crippen molar-refractivity contribution >= 4 is 37.4 Å². The minimum absolute atomic E-state index is 0.244. The van der Waals surface area contributed by atoms with Gasteiger partial charge in [0.15, 0.2) is 17.1 Å². The Kier molecular flexibility index (Phi) is 3.55. The fraction of sp³-hybridized carbons (Fsp3) is 0.105. The van der Waals surface area contributed by atoms with Crippen LogP contribution in [0.15, 0.2) is 45.8 Å². The first-order valence-electron chi connectivity index (χ1n) is 8.92. The van der Waals surface area contributed by atoms with Crippen molar-refractivity contribution in [2.45, 2.75) is 13.1 Å². The molecule has 0 atom stereocenters. The van der Waals surface area contributed by atoms with Gasteiger partial charge in [-0.2, -0.15) is 13.2 Å². The van der Waals surface area contributed by atoms with E-state index >= 15 is 0 Å². The molecule has 6 heterocycles. The summed E-state index contributed by atoms with van der Waals surface area (Å²) in [6.07, 6.45) is -1.55. The molecule has 0 radical (unpaired) electrons. The summed E-state index contributed by atoms with van der Waals surface area (Å²) in [4.78, 5) is 13.0. The molecule has 0 aromatic carbocycles. The summed E-state index contributed by atoms with van der Waals surface area (Å²) >= 11 is 1.09. The Morgan fingerprint density at radius 3 is 2.77 bits per heavy atom. The molecule has 0 N–H and O–H groups in total. The maximum Gasteiger partial charge on any atom is 0.433 e. The molecule has 0 aliphatic carbocycles. The normalized spacial score (nSPS) is 12.5. The van der Waals surface area contributed by atoms with Gasteiger partial charge < -0.3 is 8.94 Å². The van der Waals surface area contributed by atoms with Crippen LogP contribution in [0.1, 0.15) is 11.3 Å². The SMILES string of the molecule is Cc1cc(C(F)(F)F)nc2sc3c(ncn4nc(-c5cc(-c6ccco6)on5)nc34)c12. The molecule has 8 nitrogen and oxygen atoms in total. The molecule has 154 valence electrons. The summed E-state index contributed by atoms with van der Waals surface area (Å²) in [6, 6.07) is 6.13. The van der Waals surface area contributed by atoms with Gasteiger partial charge in [0.2, 0.25) is 11.6 Å². The number of aryl methyl sites for hydroxylation is 1. The lowest BCUT2D eigenvalue weighted by molar-refractivity contribution is -0.141. The highest BCUT2D eigenvalue weighted by atomic mass is 32.1. The predicted octanol–water partition coefficient (Wildman–Crippen LogP) is 5.13. The molecule has 0 saturated heterocycles. The molecule has 6 aromatic rings. The van der Waals surface area contributed by atoms with E-state index in [2.05, 4.69) is 25.2 Å². The van der Waals surface area contributed by atoms with Gasteiger partial charge in [-0.05, 0) is 30.7 Å². The number of halogens is 3. The van der Waals surface area contributed by atoms with Gasteiger partial charge in [0.1, 0.15) is 21.6 Å². The number of hydrogen-bond acceptors (Lipinski definition) is 8. The average molecular weight is 442 g/mol. The van der Waals surface area contributed by atoms with E-state index in [1.807, 2.05) is 0 Å². The van der Waals surface area contributed by atoms with Gasteiger partial charge in [0.25, 0.3) is 0 Å². The fourth-order valence-electron chi connectivity index (χ4n) is 3.38. The van der Waals surface area contributed by atoms with Crippen LogP contribution in [0.3, 0.4) is 0 Å². The van der Waals surface area contributed by atoms with Crippen LogP contribution < -0.4 is 0 Å². The van der Waals surface area contributed by atoms with Crippen LogP contribution in [0, 0.1) is 6.92 Å². The molecule has 0 aliphatic heterocycles. The molecule has 12 heteroatoms. The number of nitrogens with zero attached hydrogens (tertiary/aromatic N) is 6. The van der Waals surface area contributed by atoms with Gasteiger partial charge in [-0.3, -0.25) is 0 Å². The topological polar surface area (TPSA) is 95.1 Å². The Labute approximate surface area is 174 Å². The number of alkyl halides is 3. The zero-order valence-corrected chi connectivity index (χ0v) is 16.3. The number of furan rings is 1. The van der Waals surface area contributed by atoms with Gasteiger partial charge in [0.05, 0.1) is 11.8 Å². The second kappa shape index (κ2) is 6.11. The zero-order chi connectivity index (χ0) is 21.3. The molecule has 6 aromatic heterocycles. The second-order valence-electron chi connectivity index (χ2n) is 6.78. The van der Waals surface area contributed by atoms with Crippen LogP contribution in [0.2, 0.25) is 0 Å². The van der Waals surface area contributed by atoms with Crippen molar-refractivity contribution in [1.82, 2.24) is 29.7 Å². The van der Waals surface area contributed by atoms with Crippen LogP contribution in [0.5, 0.6) is 0 Å². The number of thiophene rings is 1. The molecule has 0 bridgehead atoms. The summed E-state index contributed by atoms with van der Waals surface area (Å²) in [7, 11) is 0. The van der Waals surface area contributed by atoms with Crippen molar-refractivity contribution in [3.8, 4) is 23.0 Å². The number of aromatic nitrogens is 6. The standard InChI is InChI=1S/C19H9F3N6O2S/c1-8-5-12(19(20,21)22)24-18-13(8)14-15(31-18)17-25-16(26-28(17)7-23-14)9-6-11(30-27-9)10-3-2-4-29-10/h2-7H,1H3. The van der Waals surface area contributed by atoms with Gasteiger partial charge in [0, 0.05) is 11.5 Å².